The standard InChI is InChI=1S/C13H12N2O4S/c16-11(17)7-20-13-14-12(15-19-13)9-5-6-18-10-4-2-1-3-8(9)10/h1-4,9H,5-7H2,(H,16,17). The fourth-order valence-electron chi connectivity index (χ4n) is 2.15. The van der Waals surface area contributed by atoms with Crippen LogP contribution in [0.15, 0.2) is 34.0 Å². The molecular formula is C13H12N2O4S. The Labute approximate surface area is 119 Å². The maximum atomic E-state index is 10.5. The van der Waals surface area contributed by atoms with Gasteiger partial charge in [-0.1, -0.05) is 35.1 Å². The lowest BCUT2D eigenvalue weighted by Crippen LogP contribution is -2.16. The zero-order valence-electron chi connectivity index (χ0n) is 10.5. The van der Waals surface area contributed by atoms with Gasteiger partial charge in [-0.25, -0.2) is 0 Å². The minimum absolute atomic E-state index is 0.0304. The first kappa shape index (κ1) is 13.0. The zero-order chi connectivity index (χ0) is 13.9. The molecule has 1 aliphatic heterocycles. The number of rotatable bonds is 4. The van der Waals surface area contributed by atoms with E-state index in [4.69, 9.17) is 14.4 Å². The molecule has 0 bridgehead atoms. The van der Waals surface area contributed by atoms with Crippen molar-refractivity contribution in [1.29, 1.82) is 0 Å². The molecule has 7 heteroatoms. The zero-order valence-corrected chi connectivity index (χ0v) is 11.3. The molecule has 0 saturated carbocycles. The molecule has 1 atom stereocenters. The molecule has 0 spiro atoms. The van der Waals surface area contributed by atoms with E-state index in [0.29, 0.717) is 12.4 Å². The van der Waals surface area contributed by atoms with Crippen LogP contribution in [0.3, 0.4) is 0 Å². The Morgan fingerprint density at radius 2 is 2.30 bits per heavy atom. The Morgan fingerprint density at radius 3 is 3.15 bits per heavy atom. The van der Waals surface area contributed by atoms with Crippen LogP contribution in [0.25, 0.3) is 0 Å². The maximum absolute atomic E-state index is 10.5. The fraction of sp³-hybridized carbons (Fsp3) is 0.308. The van der Waals surface area contributed by atoms with E-state index >= 15 is 0 Å². The van der Waals surface area contributed by atoms with Gasteiger partial charge in [0.1, 0.15) is 11.5 Å². The van der Waals surface area contributed by atoms with E-state index in [2.05, 4.69) is 10.1 Å². The lowest BCUT2D eigenvalue weighted by Gasteiger charge is -2.23. The number of carboxylic acids is 1. The lowest BCUT2D eigenvalue weighted by atomic mass is 9.93. The molecule has 1 unspecified atom stereocenters. The first-order chi connectivity index (χ1) is 9.74. The van der Waals surface area contributed by atoms with E-state index in [1.165, 1.54) is 0 Å². The first-order valence-electron chi connectivity index (χ1n) is 6.14. The fourth-order valence-corrected chi connectivity index (χ4v) is 2.65. The number of benzene rings is 1. The number of thioether (sulfide) groups is 1. The van der Waals surface area contributed by atoms with Crippen molar-refractivity contribution in [2.75, 3.05) is 12.4 Å². The van der Waals surface area contributed by atoms with Crippen molar-refractivity contribution in [2.45, 2.75) is 17.6 Å². The molecule has 0 aliphatic carbocycles. The molecule has 3 rings (SSSR count). The molecular weight excluding hydrogens is 280 g/mol. The highest BCUT2D eigenvalue weighted by molar-refractivity contribution is 7.99. The smallest absolute Gasteiger partial charge is 0.314 e. The number of hydrogen-bond donors (Lipinski definition) is 1. The number of fused-ring (bicyclic) bond motifs is 1. The van der Waals surface area contributed by atoms with Crippen molar-refractivity contribution in [2.24, 2.45) is 0 Å². The van der Waals surface area contributed by atoms with Crippen molar-refractivity contribution in [3.63, 3.8) is 0 Å². The van der Waals surface area contributed by atoms with Crippen molar-refractivity contribution in [3.8, 4) is 5.75 Å². The largest absolute Gasteiger partial charge is 0.493 e. The summed E-state index contributed by atoms with van der Waals surface area (Å²) >= 11 is 1.02. The predicted molar refractivity (Wildman–Crippen MR) is 71.1 cm³/mol. The van der Waals surface area contributed by atoms with Crippen LogP contribution >= 0.6 is 11.8 Å². The topological polar surface area (TPSA) is 85.5 Å². The molecule has 0 saturated heterocycles. The lowest BCUT2D eigenvalue weighted by molar-refractivity contribution is -0.133. The second-order valence-electron chi connectivity index (χ2n) is 4.33. The number of carboxylic acid groups (broad SMARTS) is 1. The third-order valence-corrected chi connectivity index (χ3v) is 3.82. The SMILES string of the molecule is O=C(O)CSc1nc(C2CCOc3ccccc32)no1. The summed E-state index contributed by atoms with van der Waals surface area (Å²) in [6.07, 6.45) is 0.777. The minimum Gasteiger partial charge on any atom is -0.493 e. The van der Waals surface area contributed by atoms with Crippen molar-refractivity contribution in [3.05, 3.63) is 35.7 Å². The molecule has 0 fully saturated rings. The Balaban J connectivity index is 1.82. The first-order valence-corrected chi connectivity index (χ1v) is 7.12. The Kier molecular flexibility index (Phi) is 3.60. The number of ether oxygens (including phenoxy) is 1. The predicted octanol–water partition coefficient (Wildman–Crippen LogP) is 2.16. The number of aliphatic carboxylic acids is 1. The Hall–Kier alpha value is -2.02. The van der Waals surface area contributed by atoms with E-state index in [9.17, 15) is 4.79 Å². The average molecular weight is 292 g/mol. The van der Waals surface area contributed by atoms with Gasteiger partial charge in [0.25, 0.3) is 5.22 Å². The van der Waals surface area contributed by atoms with Gasteiger partial charge in [0.2, 0.25) is 0 Å². The summed E-state index contributed by atoms with van der Waals surface area (Å²) in [4.78, 5) is 14.8. The van der Waals surface area contributed by atoms with Crippen molar-refractivity contribution >= 4 is 17.7 Å². The van der Waals surface area contributed by atoms with Gasteiger partial charge in [-0.3, -0.25) is 4.79 Å². The van der Waals surface area contributed by atoms with Gasteiger partial charge in [0, 0.05) is 5.56 Å². The third kappa shape index (κ3) is 2.62. The quantitative estimate of drug-likeness (QED) is 0.864. The van der Waals surface area contributed by atoms with Crippen LogP contribution in [-0.4, -0.2) is 33.6 Å². The summed E-state index contributed by atoms with van der Waals surface area (Å²) in [6.45, 7) is 0.605. The van der Waals surface area contributed by atoms with E-state index in [1.54, 1.807) is 0 Å². The number of aromatic nitrogens is 2. The van der Waals surface area contributed by atoms with Crippen LogP contribution < -0.4 is 4.74 Å². The van der Waals surface area contributed by atoms with E-state index in [-0.39, 0.29) is 16.9 Å². The van der Waals surface area contributed by atoms with E-state index in [0.717, 1.165) is 29.5 Å². The number of para-hydroxylation sites is 1. The molecule has 1 aliphatic rings. The summed E-state index contributed by atoms with van der Waals surface area (Å²) in [5, 5.41) is 12.9. The second-order valence-corrected chi connectivity index (χ2v) is 5.26. The van der Waals surface area contributed by atoms with Crippen LogP contribution in [0.2, 0.25) is 0 Å². The normalized spacial score (nSPS) is 17.3. The molecule has 2 aromatic rings. The molecule has 6 nitrogen and oxygen atoms in total. The molecule has 104 valence electrons. The van der Waals surface area contributed by atoms with E-state index in [1.807, 2.05) is 24.3 Å². The van der Waals surface area contributed by atoms with Gasteiger partial charge in [-0.15, -0.1) is 0 Å². The van der Waals surface area contributed by atoms with Crippen molar-refractivity contribution < 1.29 is 19.2 Å². The maximum Gasteiger partial charge on any atom is 0.314 e. The monoisotopic (exact) mass is 292 g/mol. The number of nitrogens with zero attached hydrogens (tertiary/aromatic N) is 2. The molecule has 1 aromatic carbocycles. The molecule has 0 amide bonds. The van der Waals surface area contributed by atoms with Crippen LogP contribution in [0.4, 0.5) is 0 Å². The van der Waals surface area contributed by atoms with Gasteiger partial charge in [0.05, 0.1) is 12.5 Å². The van der Waals surface area contributed by atoms with Crippen LogP contribution in [0.1, 0.15) is 23.7 Å². The second kappa shape index (κ2) is 5.54. The molecule has 20 heavy (non-hydrogen) atoms. The van der Waals surface area contributed by atoms with Gasteiger partial charge >= 0.3 is 5.97 Å². The van der Waals surface area contributed by atoms with Gasteiger partial charge in [0.15, 0.2) is 5.82 Å². The molecule has 1 aromatic heterocycles. The highest BCUT2D eigenvalue weighted by atomic mass is 32.2. The summed E-state index contributed by atoms with van der Waals surface area (Å²) in [6, 6.07) is 7.77. The summed E-state index contributed by atoms with van der Waals surface area (Å²) < 4.78 is 10.7. The Bertz CT molecular complexity index is 628. The highest BCUT2D eigenvalue weighted by Crippen LogP contribution is 2.37. The number of carbonyl (C=O) groups is 1. The number of hydrogen-bond acceptors (Lipinski definition) is 6. The molecule has 0 radical (unpaired) electrons. The highest BCUT2D eigenvalue weighted by Gasteiger charge is 2.27. The summed E-state index contributed by atoms with van der Waals surface area (Å²) in [7, 11) is 0. The molecule has 1 N–H and O–H groups in total. The summed E-state index contributed by atoms with van der Waals surface area (Å²) in [5.41, 5.74) is 1.04. The van der Waals surface area contributed by atoms with Gasteiger partial charge in [-0.05, 0) is 12.5 Å². The van der Waals surface area contributed by atoms with Crippen LogP contribution in [0.5, 0.6) is 5.75 Å². The Morgan fingerprint density at radius 1 is 1.45 bits per heavy atom. The van der Waals surface area contributed by atoms with Gasteiger partial charge in [-0.2, -0.15) is 4.98 Å². The van der Waals surface area contributed by atoms with E-state index < -0.39 is 5.97 Å². The van der Waals surface area contributed by atoms with Crippen molar-refractivity contribution in [1.82, 2.24) is 10.1 Å². The minimum atomic E-state index is -0.911. The van der Waals surface area contributed by atoms with Gasteiger partial charge < -0.3 is 14.4 Å². The summed E-state index contributed by atoms with van der Waals surface area (Å²) in [5.74, 6) is 0.447. The average Bonchev–Trinajstić information content (AvgIpc) is 2.93. The molecule has 2 heterocycles. The van der Waals surface area contributed by atoms with Crippen LogP contribution in [0, 0.1) is 0 Å². The van der Waals surface area contributed by atoms with Crippen LogP contribution in [-0.2, 0) is 4.79 Å². The third-order valence-electron chi connectivity index (χ3n) is 3.01.